The van der Waals surface area contributed by atoms with Gasteiger partial charge in [0, 0.05) is 0 Å². The molecule has 0 saturated heterocycles. The normalized spacial score (nSPS) is 36.2. The van der Waals surface area contributed by atoms with Gasteiger partial charge in [-0.2, -0.15) is 0 Å². The van der Waals surface area contributed by atoms with E-state index in [9.17, 15) is 0 Å². The maximum atomic E-state index is 3.77. The zero-order valence-electron chi connectivity index (χ0n) is 6.34. The molecule has 3 aliphatic carbocycles. The largest absolute Gasteiger partial charge is 0.103 e. The Hall–Kier alpha value is -0.520. The van der Waals surface area contributed by atoms with Gasteiger partial charge in [0.25, 0.3) is 0 Å². The molecule has 10 heavy (non-hydrogen) atoms. The van der Waals surface area contributed by atoms with Gasteiger partial charge in [0.15, 0.2) is 0 Å². The Morgan fingerprint density at radius 1 is 1.60 bits per heavy atom. The summed E-state index contributed by atoms with van der Waals surface area (Å²) in [7, 11) is 0. The molecule has 0 heteroatoms. The molecule has 0 amide bonds. The van der Waals surface area contributed by atoms with E-state index >= 15 is 0 Å². The second kappa shape index (κ2) is 2.26. The molecule has 0 radical (unpaired) electrons. The van der Waals surface area contributed by atoms with E-state index in [2.05, 4.69) is 12.7 Å². The monoisotopic (exact) mass is 134 g/mol. The van der Waals surface area contributed by atoms with Crippen LogP contribution in [-0.4, -0.2) is 0 Å². The van der Waals surface area contributed by atoms with E-state index in [1.54, 1.807) is 5.57 Å². The van der Waals surface area contributed by atoms with E-state index in [0.29, 0.717) is 0 Å². The second-order valence-electron chi connectivity index (χ2n) is 3.54. The van der Waals surface area contributed by atoms with Crippen molar-refractivity contribution in [3.8, 4) is 0 Å². The van der Waals surface area contributed by atoms with Crippen molar-refractivity contribution in [3.05, 3.63) is 24.3 Å². The molecule has 3 rings (SSSR count). The average Bonchev–Trinajstić information content (AvgIpc) is 1.87. The van der Waals surface area contributed by atoms with E-state index in [-0.39, 0.29) is 0 Å². The molecule has 0 heterocycles. The van der Waals surface area contributed by atoms with E-state index < -0.39 is 0 Å². The third-order valence-corrected chi connectivity index (χ3v) is 2.85. The molecule has 0 unspecified atom stereocenters. The van der Waals surface area contributed by atoms with E-state index in [1.165, 1.54) is 19.3 Å². The molecule has 0 atom stereocenters. The molecule has 3 aliphatic rings. The summed E-state index contributed by atoms with van der Waals surface area (Å²) in [5.74, 6) is 2.01. The zero-order valence-corrected chi connectivity index (χ0v) is 6.34. The number of hydrogen-bond donors (Lipinski definition) is 0. The van der Waals surface area contributed by atoms with Crippen LogP contribution in [0.5, 0.6) is 0 Å². The SMILES string of the molecule is C=CCC1=CCC2CC1C2. The van der Waals surface area contributed by atoms with E-state index in [1.807, 2.05) is 6.08 Å². The van der Waals surface area contributed by atoms with Gasteiger partial charge in [0.2, 0.25) is 0 Å². The van der Waals surface area contributed by atoms with Gasteiger partial charge in [-0.1, -0.05) is 17.7 Å². The summed E-state index contributed by atoms with van der Waals surface area (Å²) in [6.45, 7) is 3.77. The van der Waals surface area contributed by atoms with Crippen LogP contribution in [0, 0.1) is 11.8 Å². The summed E-state index contributed by atoms with van der Waals surface area (Å²) in [6, 6.07) is 0. The molecule has 1 saturated carbocycles. The van der Waals surface area contributed by atoms with Crippen LogP contribution in [-0.2, 0) is 0 Å². The first-order valence-electron chi connectivity index (χ1n) is 4.20. The predicted octanol–water partition coefficient (Wildman–Crippen LogP) is 2.92. The van der Waals surface area contributed by atoms with Crippen LogP contribution in [0.2, 0.25) is 0 Å². The Labute approximate surface area is 62.6 Å². The Bertz CT molecular complexity index is 170. The first kappa shape index (κ1) is 6.21. The molecule has 0 nitrogen and oxygen atoms in total. The van der Waals surface area contributed by atoms with Crippen molar-refractivity contribution >= 4 is 0 Å². The quantitative estimate of drug-likeness (QED) is 0.509. The van der Waals surface area contributed by atoms with Gasteiger partial charge in [0.05, 0.1) is 0 Å². The Kier molecular flexibility index (Phi) is 1.40. The summed E-state index contributed by atoms with van der Waals surface area (Å²) < 4.78 is 0. The van der Waals surface area contributed by atoms with Crippen molar-refractivity contribution in [2.75, 3.05) is 0 Å². The van der Waals surface area contributed by atoms with Crippen LogP contribution in [0.1, 0.15) is 25.7 Å². The zero-order chi connectivity index (χ0) is 6.97. The lowest BCUT2D eigenvalue weighted by Crippen LogP contribution is -2.28. The van der Waals surface area contributed by atoms with Crippen LogP contribution in [0.3, 0.4) is 0 Å². The molecule has 0 aromatic rings. The highest BCUT2D eigenvalue weighted by Gasteiger charge is 2.33. The molecule has 0 aliphatic heterocycles. The molecule has 1 fully saturated rings. The van der Waals surface area contributed by atoms with Gasteiger partial charge in [-0.25, -0.2) is 0 Å². The van der Waals surface area contributed by atoms with Crippen molar-refractivity contribution in [2.45, 2.75) is 25.7 Å². The van der Waals surface area contributed by atoms with Crippen molar-refractivity contribution in [3.63, 3.8) is 0 Å². The van der Waals surface area contributed by atoms with Crippen LogP contribution in [0.4, 0.5) is 0 Å². The molecular weight excluding hydrogens is 120 g/mol. The van der Waals surface area contributed by atoms with E-state index in [0.717, 1.165) is 18.3 Å². The average molecular weight is 134 g/mol. The maximum absolute atomic E-state index is 3.77. The smallest absolute Gasteiger partial charge is 0.0139 e. The maximum Gasteiger partial charge on any atom is -0.0139 e. The molecule has 0 aromatic carbocycles. The number of rotatable bonds is 2. The van der Waals surface area contributed by atoms with Gasteiger partial charge in [-0.3, -0.25) is 0 Å². The fraction of sp³-hybridized carbons (Fsp3) is 0.600. The minimum atomic E-state index is 0.955. The lowest BCUT2D eigenvalue weighted by atomic mass is 9.64. The van der Waals surface area contributed by atoms with Crippen LogP contribution in [0.25, 0.3) is 0 Å². The molecule has 2 bridgehead atoms. The lowest BCUT2D eigenvalue weighted by Gasteiger charge is -2.41. The Morgan fingerprint density at radius 2 is 2.40 bits per heavy atom. The van der Waals surface area contributed by atoms with Gasteiger partial charge < -0.3 is 0 Å². The van der Waals surface area contributed by atoms with Gasteiger partial charge in [-0.05, 0) is 37.5 Å². The van der Waals surface area contributed by atoms with Crippen molar-refractivity contribution in [2.24, 2.45) is 11.8 Å². The second-order valence-corrected chi connectivity index (χ2v) is 3.54. The fourth-order valence-corrected chi connectivity index (χ4v) is 2.13. The molecule has 54 valence electrons. The number of allylic oxidation sites excluding steroid dienone is 3. The number of fused-ring (bicyclic) bond motifs is 1. The highest BCUT2D eigenvalue weighted by molar-refractivity contribution is 5.19. The topological polar surface area (TPSA) is 0 Å². The third kappa shape index (κ3) is 0.828. The summed E-state index contributed by atoms with van der Waals surface area (Å²) in [6.07, 6.45) is 9.89. The predicted molar refractivity (Wildman–Crippen MR) is 43.7 cm³/mol. The minimum Gasteiger partial charge on any atom is -0.103 e. The first-order valence-corrected chi connectivity index (χ1v) is 4.20. The Balaban J connectivity index is 2.05. The van der Waals surface area contributed by atoms with Crippen LogP contribution in [0.15, 0.2) is 24.3 Å². The van der Waals surface area contributed by atoms with E-state index in [4.69, 9.17) is 0 Å². The minimum absolute atomic E-state index is 0.955. The molecular formula is C10H14. The molecule has 0 spiro atoms. The molecule has 0 N–H and O–H groups in total. The van der Waals surface area contributed by atoms with Crippen LogP contribution >= 0.6 is 0 Å². The van der Waals surface area contributed by atoms with Crippen molar-refractivity contribution < 1.29 is 0 Å². The number of hydrogen-bond acceptors (Lipinski definition) is 0. The summed E-state index contributed by atoms with van der Waals surface area (Å²) in [5, 5.41) is 0. The standard InChI is InChI=1S/C10H14/c1-2-3-9-5-4-8-6-10(9)7-8/h2,5,8,10H,1,3-4,6-7H2. The summed E-state index contributed by atoms with van der Waals surface area (Å²) in [5.41, 5.74) is 1.66. The van der Waals surface area contributed by atoms with Crippen molar-refractivity contribution in [1.82, 2.24) is 0 Å². The summed E-state index contributed by atoms with van der Waals surface area (Å²) >= 11 is 0. The van der Waals surface area contributed by atoms with Crippen molar-refractivity contribution in [1.29, 1.82) is 0 Å². The lowest BCUT2D eigenvalue weighted by molar-refractivity contribution is 0.207. The fourth-order valence-electron chi connectivity index (χ4n) is 2.13. The van der Waals surface area contributed by atoms with Gasteiger partial charge >= 0.3 is 0 Å². The van der Waals surface area contributed by atoms with Gasteiger partial charge in [-0.15, -0.1) is 6.58 Å². The highest BCUT2D eigenvalue weighted by Crippen LogP contribution is 2.46. The third-order valence-electron chi connectivity index (χ3n) is 2.85. The molecule has 0 aromatic heterocycles. The first-order chi connectivity index (χ1) is 4.90. The summed E-state index contributed by atoms with van der Waals surface area (Å²) in [4.78, 5) is 0. The van der Waals surface area contributed by atoms with Crippen LogP contribution < -0.4 is 0 Å². The highest BCUT2D eigenvalue weighted by atomic mass is 14.4. The van der Waals surface area contributed by atoms with Gasteiger partial charge in [0.1, 0.15) is 0 Å². The Morgan fingerprint density at radius 3 is 2.90 bits per heavy atom.